The number of ether oxygens (including phenoxy) is 2. The van der Waals surface area contributed by atoms with Crippen LogP contribution in [0.1, 0.15) is 73.1 Å². The van der Waals surface area contributed by atoms with E-state index in [2.05, 4.69) is 15.3 Å². The Morgan fingerprint density at radius 3 is 1.94 bits per heavy atom. The molecule has 1 saturated heterocycles. The van der Waals surface area contributed by atoms with Crippen LogP contribution in [0.2, 0.25) is 0 Å². The molecular weight excluding hydrogens is 713 g/mol. The molecule has 18 heteroatoms. The summed E-state index contributed by atoms with van der Waals surface area (Å²) >= 11 is 0. The maximum atomic E-state index is 13.9. The van der Waals surface area contributed by atoms with Gasteiger partial charge < -0.3 is 19.7 Å². The number of nitrogens with one attached hydrogen (secondary N) is 1. The average molecular weight is 750 g/mol. The third-order valence-electron chi connectivity index (χ3n) is 8.26. The van der Waals surface area contributed by atoms with Crippen molar-refractivity contribution in [1.29, 1.82) is 0 Å². The highest BCUT2D eigenvalue weighted by atomic mass is 19.4. The van der Waals surface area contributed by atoms with Crippen LogP contribution < -0.4 is 15.1 Å². The Hall–Kier alpha value is -4.61. The van der Waals surface area contributed by atoms with Crippen LogP contribution in [0.3, 0.4) is 0 Å². The van der Waals surface area contributed by atoms with E-state index in [0.717, 1.165) is 21.9 Å². The van der Waals surface area contributed by atoms with E-state index in [1.807, 2.05) is 0 Å². The third-order valence-corrected chi connectivity index (χ3v) is 8.26. The zero-order chi connectivity index (χ0) is 38.4. The molecule has 0 bridgehead atoms. The molecule has 3 aromatic rings. The Bertz CT molecular complexity index is 1660. The Morgan fingerprint density at radius 1 is 0.846 bits per heavy atom. The number of anilines is 2. The number of nitrogens with zero attached hydrogens (tertiary/aromatic N) is 4. The van der Waals surface area contributed by atoms with Gasteiger partial charge in [0.15, 0.2) is 0 Å². The number of aromatic nitrogens is 2. The van der Waals surface area contributed by atoms with Crippen molar-refractivity contribution in [3.05, 3.63) is 82.2 Å². The number of rotatable bonds is 11. The van der Waals surface area contributed by atoms with Crippen LogP contribution in [-0.4, -0.2) is 48.3 Å². The molecule has 0 aliphatic carbocycles. The minimum absolute atomic E-state index is 0.0466. The van der Waals surface area contributed by atoms with Gasteiger partial charge in [-0.15, -0.1) is 0 Å². The van der Waals surface area contributed by atoms with Crippen molar-refractivity contribution in [2.45, 2.75) is 71.3 Å². The van der Waals surface area contributed by atoms with Gasteiger partial charge in [-0.25, -0.2) is 14.8 Å². The SMILES string of the molecule is CCOC(=O)N(CC)c1ccc(C(F)(F)F)cc1CN(Cc1cc(C(F)(F)F)cc(C(F)(F)F)c1)c1ncc(C(C)OC(=O)C2CCNCC2)cn1. The Balaban J connectivity index is 1.80. The number of hydrogen-bond acceptors (Lipinski definition) is 8. The lowest BCUT2D eigenvalue weighted by atomic mass is 9.98. The first-order chi connectivity index (χ1) is 24.3. The van der Waals surface area contributed by atoms with Crippen molar-refractivity contribution < 1.29 is 58.6 Å². The van der Waals surface area contributed by atoms with Gasteiger partial charge in [-0.05, 0) is 94.2 Å². The number of esters is 1. The predicted molar refractivity (Wildman–Crippen MR) is 170 cm³/mol. The zero-order valence-electron chi connectivity index (χ0n) is 28.3. The van der Waals surface area contributed by atoms with Gasteiger partial charge in [0.25, 0.3) is 0 Å². The molecule has 1 atom stereocenters. The van der Waals surface area contributed by atoms with Crippen molar-refractivity contribution in [1.82, 2.24) is 15.3 Å². The second-order valence-corrected chi connectivity index (χ2v) is 12.0. The van der Waals surface area contributed by atoms with Crippen molar-refractivity contribution >= 4 is 23.7 Å². The highest BCUT2D eigenvalue weighted by Gasteiger charge is 2.38. The summed E-state index contributed by atoms with van der Waals surface area (Å²) in [6, 6.07) is 3.39. The van der Waals surface area contributed by atoms with Crippen LogP contribution in [0.25, 0.3) is 0 Å². The molecule has 2 heterocycles. The average Bonchev–Trinajstić information content (AvgIpc) is 3.08. The molecule has 1 N–H and O–H groups in total. The zero-order valence-corrected chi connectivity index (χ0v) is 28.3. The molecule has 0 radical (unpaired) electrons. The van der Waals surface area contributed by atoms with Crippen LogP contribution in [0.15, 0.2) is 48.8 Å². The highest BCUT2D eigenvalue weighted by molar-refractivity contribution is 5.88. The molecule has 52 heavy (non-hydrogen) atoms. The monoisotopic (exact) mass is 749 g/mol. The number of benzene rings is 2. The number of hydrogen-bond donors (Lipinski definition) is 1. The van der Waals surface area contributed by atoms with E-state index in [9.17, 15) is 49.1 Å². The maximum absolute atomic E-state index is 13.9. The molecule has 284 valence electrons. The molecule has 1 fully saturated rings. The van der Waals surface area contributed by atoms with Crippen LogP contribution >= 0.6 is 0 Å². The number of carbonyl (C=O) groups is 2. The lowest BCUT2D eigenvalue weighted by Crippen LogP contribution is -2.33. The van der Waals surface area contributed by atoms with E-state index in [0.29, 0.717) is 49.7 Å². The fourth-order valence-electron chi connectivity index (χ4n) is 5.59. The van der Waals surface area contributed by atoms with Crippen molar-refractivity contribution in [3.63, 3.8) is 0 Å². The standard InChI is InChI=1S/C34H36F9N5O4/c1-4-48(31(50)51-5-2)28-7-6-25(32(35,36)37)14-23(28)19-47(18-21-12-26(33(38,39)40)15-27(13-21)34(41,42)43)30-45-16-24(17-46-30)20(3)52-29(49)22-8-10-44-11-9-22/h6-7,12-17,20,22,44H,4-5,8-11,18-19H2,1-3H3. The van der Waals surface area contributed by atoms with Crippen LogP contribution in [0, 0.1) is 5.92 Å². The number of amides is 1. The minimum atomic E-state index is -5.17. The molecular formula is C34H36F9N5O4. The summed E-state index contributed by atoms with van der Waals surface area (Å²) in [5.74, 6) is -1.06. The third kappa shape index (κ3) is 10.3. The van der Waals surface area contributed by atoms with Gasteiger partial charge >= 0.3 is 30.6 Å². The van der Waals surface area contributed by atoms with Crippen LogP contribution in [0.4, 0.5) is 55.9 Å². The number of carbonyl (C=O) groups excluding carboxylic acids is 2. The summed E-state index contributed by atoms with van der Waals surface area (Å²) in [7, 11) is 0. The molecule has 1 aromatic heterocycles. The molecule has 0 saturated carbocycles. The second-order valence-electron chi connectivity index (χ2n) is 12.0. The lowest BCUT2D eigenvalue weighted by molar-refractivity contribution is -0.154. The summed E-state index contributed by atoms with van der Waals surface area (Å²) in [6.07, 6.45) is -13.3. The van der Waals surface area contributed by atoms with Crippen LogP contribution in [-0.2, 0) is 45.9 Å². The van der Waals surface area contributed by atoms with E-state index in [-0.39, 0.29) is 42.3 Å². The second kappa shape index (κ2) is 16.4. The van der Waals surface area contributed by atoms with Gasteiger partial charge in [-0.1, -0.05) is 0 Å². The quantitative estimate of drug-likeness (QED) is 0.155. The summed E-state index contributed by atoms with van der Waals surface area (Å²) < 4.78 is 135. The molecule has 4 rings (SSSR count). The summed E-state index contributed by atoms with van der Waals surface area (Å²) in [4.78, 5) is 36.0. The fourth-order valence-corrected chi connectivity index (χ4v) is 5.59. The molecule has 0 spiro atoms. The van der Waals surface area contributed by atoms with Gasteiger partial charge in [0, 0.05) is 37.6 Å². The maximum Gasteiger partial charge on any atom is 0.416 e. The van der Waals surface area contributed by atoms with Crippen molar-refractivity contribution in [2.24, 2.45) is 5.92 Å². The van der Waals surface area contributed by atoms with Gasteiger partial charge in [0.1, 0.15) is 6.10 Å². The molecule has 9 nitrogen and oxygen atoms in total. The van der Waals surface area contributed by atoms with Gasteiger partial charge in [-0.3, -0.25) is 9.69 Å². The number of piperidine rings is 1. The minimum Gasteiger partial charge on any atom is -0.457 e. The summed E-state index contributed by atoms with van der Waals surface area (Å²) in [5.41, 5.74) is -4.80. The Morgan fingerprint density at radius 2 is 1.42 bits per heavy atom. The van der Waals surface area contributed by atoms with Crippen molar-refractivity contribution in [2.75, 3.05) is 36.0 Å². The lowest BCUT2D eigenvalue weighted by Gasteiger charge is -2.28. The first-order valence-corrected chi connectivity index (χ1v) is 16.2. The molecule has 1 aliphatic heterocycles. The Labute approximate surface area is 293 Å². The predicted octanol–water partition coefficient (Wildman–Crippen LogP) is 8.33. The fraction of sp³-hybridized carbons (Fsp3) is 0.471. The van der Waals surface area contributed by atoms with E-state index < -0.39 is 72.0 Å². The van der Waals surface area contributed by atoms with E-state index in [1.54, 1.807) is 6.92 Å². The summed E-state index contributed by atoms with van der Waals surface area (Å²) in [6.45, 7) is 4.38. The molecule has 2 aromatic carbocycles. The highest BCUT2D eigenvalue weighted by Crippen LogP contribution is 2.38. The van der Waals surface area contributed by atoms with Gasteiger partial charge in [0.05, 0.1) is 34.9 Å². The first kappa shape index (κ1) is 40.2. The molecule has 1 amide bonds. The topological polar surface area (TPSA) is 96.9 Å². The van der Waals surface area contributed by atoms with Gasteiger partial charge in [0.2, 0.25) is 5.95 Å². The van der Waals surface area contributed by atoms with Crippen molar-refractivity contribution in [3.8, 4) is 0 Å². The van der Waals surface area contributed by atoms with Crippen LogP contribution in [0.5, 0.6) is 0 Å². The first-order valence-electron chi connectivity index (χ1n) is 16.2. The largest absolute Gasteiger partial charge is 0.457 e. The van der Waals surface area contributed by atoms with E-state index >= 15 is 0 Å². The normalized spacial score (nSPS) is 14.8. The Kier molecular flexibility index (Phi) is 12.7. The smallest absolute Gasteiger partial charge is 0.416 e. The molecule has 1 aliphatic rings. The number of halogens is 9. The van der Waals surface area contributed by atoms with E-state index in [4.69, 9.17) is 9.47 Å². The number of alkyl halides is 9. The van der Waals surface area contributed by atoms with Gasteiger partial charge in [-0.2, -0.15) is 39.5 Å². The van der Waals surface area contributed by atoms with E-state index in [1.165, 1.54) is 26.2 Å². The summed E-state index contributed by atoms with van der Waals surface area (Å²) in [5, 5.41) is 3.14. The molecule has 1 unspecified atom stereocenters.